The third-order valence-corrected chi connectivity index (χ3v) is 3.57. The Kier molecular flexibility index (Phi) is 6.37. The van der Waals surface area contributed by atoms with Crippen LogP contribution in [0.3, 0.4) is 0 Å². The van der Waals surface area contributed by atoms with Gasteiger partial charge in [0.05, 0.1) is 12.7 Å². The predicted molar refractivity (Wildman–Crippen MR) is 69.7 cm³/mol. The van der Waals surface area contributed by atoms with Crippen molar-refractivity contribution in [1.29, 1.82) is 0 Å². The third kappa shape index (κ3) is 4.84. The van der Waals surface area contributed by atoms with Gasteiger partial charge >= 0.3 is 0 Å². The molecule has 0 aromatic rings. The summed E-state index contributed by atoms with van der Waals surface area (Å²) in [6, 6.07) is 0.576. The molecule has 0 aliphatic heterocycles. The minimum absolute atomic E-state index is 0.352. The number of hydrogen-bond acceptors (Lipinski definition) is 2. The Labute approximate surface area is 101 Å². The number of rotatable bonds is 7. The zero-order valence-corrected chi connectivity index (χ0v) is 11.5. The van der Waals surface area contributed by atoms with Gasteiger partial charge in [-0.2, -0.15) is 0 Å². The normalized spacial score (nSPS) is 27.6. The molecule has 0 spiro atoms. The van der Waals surface area contributed by atoms with E-state index in [-0.39, 0.29) is 0 Å². The van der Waals surface area contributed by atoms with Crippen LogP contribution in [-0.2, 0) is 4.74 Å². The van der Waals surface area contributed by atoms with Crippen molar-refractivity contribution in [2.24, 2.45) is 11.8 Å². The van der Waals surface area contributed by atoms with Gasteiger partial charge in [-0.1, -0.05) is 20.3 Å². The van der Waals surface area contributed by atoms with Crippen molar-refractivity contribution in [3.05, 3.63) is 0 Å². The van der Waals surface area contributed by atoms with Crippen molar-refractivity contribution in [3.63, 3.8) is 0 Å². The summed E-state index contributed by atoms with van der Waals surface area (Å²) < 4.78 is 5.79. The lowest BCUT2D eigenvalue weighted by Gasteiger charge is -2.25. The zero-order chi connectivity index (χ0) is 12.0. The van der Waals surface area contributed by atoms with Gasteiger partial charge in [-0.05, 0) is 51.5 Å². The van der Waals surface area contributed by atoms with Crippen molar-refractivity contribution >= 4 is 0 Å². The maximum Gasteiger partial charge on any atom is 0.0625 e. The van der Waals surface area contributed by atoms with Gasteiger partial charge in [0.2, 0.25) is 0 Å². The molecule has 1 N–H and O–H groups in total. The highest BCUT2D eigenvalue weighted by Crippen LogP contribution is 2.32. The van der Waals surface area contributed by atoms with Gasteiger partial charge in [0.1, 0.15) is 0 Å². The topological polar surface area (TPSA) is 21.3 Å². The molecule has 96 valence electrons. The van der Waals surface area contributed by atoms with Crippen LogP contribution in [-0.4, -0.2) is 25.3 Å². The van der Waals surface area contributed by atoms with E-state index in [1.165, 1.54) is 25.7 Å². The van der Waals surface area contributed by atoms with Crippen LogP contribution in [0.1, 0.15) is 53.4 Å². The molecule has 0 radical (unpaired) electrons. The van der Waals surface area contributed by atoms with Gasteiger partial charge in [0.15, 0.2) is 0 Å². The molecule has 0 amide bonds. The SMILES string of the molecule is CCCNC(COC(C)C)C1CCC(C)C1. The van der Waals surface area contributed by atoms with Gasteiger partial charge in [-0.15, -0.1) is 0 Å². The summed E-state index contributed by atoms with van der Waals surface area (Å²) in [5.74, 6) is 1.75. The van der Waals surface area contributed by atoms with E-state index in [1.807, 2.05) is 0 Å². The van der Waals surface area contributed by atoms with Gasteiger partial charge in [-0.3, -0.25) is 0 Å². The average molecular weight is 227 g/mol. The maximum absolute atomic E-state index is 5.79. The lowest BCUT2D eigenvalue weighted by Crippen LogP contribution is -2.40. The zero-order valence-electron chi connectivity index (χ0n) is 11.5. The van der Waals surface area contributed by atoms with Crippen LogP contribution in [0.5, 0.6) is 0 Å². The fraction of sp³-hybridized carbons (Fsp3) is 1.00. The molecule has 1 aliphatic rings. The second kappa shape index (κ2) is 7.29. The van der Waals surface area contributed by atoms with Crippen molar-refractivity contribution in [1.82, 2.24) is 5.32 Å². The Morgan fingerprint density at radius 1 is 1.31 bits per heavy atom. The van der Waals surface area contributed by atoms with E-state index in [1.54, 1.807) is 0 Å². The molecule has 0 bridgehead atoms. The molecule has 1 aliphatic carbocycles. The van der Waals surface area contributed by atoms with Crippen molar-refractivity contribution in [3.8, 4) is 0 Å². The molecule has 2 nitrogen and oxygen atoms in total. The highest BCUT2D eigenvalue weighted by molar-refractivity contribution is 4.83. The minimum atomic E-state index is 0.352. The van der Waals surface area contributed by atoms with Gasteiger partial charge < -0.3 is 10.1 Å². The van der Waals surface area contributed by atoms with Crippen LogP contribution in [0.4, 0.5) is 0 Å². The van der Waals surface area contributed by atoms with E-state index < -0.39 is 0 Å². The second-order valence-corrected chi connectivity index (χ2v) is 5.62. The Morgan fingerprint density at radius 2 is 2.06 bits per heavy atom. The van der Waals surface area contributed by atoms with E-state index in [0.29, 0.717) is 12.1 Å². The summed E-state index contributed by atoms with van der Waals surface area (Å²) in [6.45, 7) is 10.8. The third-order valence-electron chi connectivity index (χ3n) is 3.57. The molecule has 2 heteroatoms. The minimum Gasteiger partial charge on any atom is -0.377 e. The number of hydrogen-bond donors (Lipinski definition) is 1. The molecule has 3 atom stereocenters. The lowest BCUT2D eigenvalue weighted by atomic mass is 9.97. The van der Waals surface area contributed by atoms with E-state index in [0.717, 1.165) is 25.0 Å². The summed E-state index contributed by atoms with van der Waals surface area (Å²) in [5, 5.41) is 3.66. The van der Waals surface area contributed by atoms with Crippen LogP contribution in [0.2, 0.25) is 0 Å². The predicted octanol–water partition coefficient (Wildman–Crippen LogP) is 3.22. The summed E-state index contributed by atoms with van der Waals surface area (Å²) in [7, 11) is 0. The summed E-state index contributed by atoms with van der Waals surface area (Å²) in [6.07, 6.45) is 5.72. The second-order valence-electron chi connectivity index (χ2n) is 5.62. The maximum atomic E-state index is 5.79. The first-order valence-electron chi connectivity index (χ1n) is 6.98. The van der Waals surface area contributed by atoms with E-state index >= 15 is 0 Å². The Morgan fingerprint density at radius 3 is 2.56 bits per heavy atom. The molecule has 3 unspecified atom stereocenters. The van der Waals surface area contributed by atoms with Crippen LogP contribution in [0.15, 0.2) is 0 Å². The molecule has 1 saturated carbocycles. The summed E-state index contributed by atoms with van der Waals surface area (Å²) >= 11 is 0. The van der Waals surface area contributed by atoms with Crippen LogP contribution < -0.4 is 5.32 Å². The summed E-state index contributed by atoms with van der Waals surface area (Å²) in [5.41, 5.74) is 0. The first-order chi connectivity index (χ1) is 7.63. The van der Waals surface area contributed by atoms with Gasteiger partial charge in [-0.25, -0.2) is 0 Å². The molecule has 1 fully saturated rings. The molecule has 0 heterocycles. The summed E-state index contributed by atoms with van der Waals surface area (Å²) in [4.78, 5) is 0. The average Bonchev–Trinajstić information content (AvgIpc) is 2.64. The van der Waals surface area contributed by atoms with Crippen molar-refractivity contribution in [2.75, 3.05) is 13.2 Å². The van der Waals surface area contributed by atoms with Gasteiger partial charge in [0, 0.05) is 6.04 Å². The van der Waals surface area contributed by atoms with E-state index in [4.69, 9.17) is 4.74 Å². The van der Waals surface area contributed by atoms with Crippen molar-refractivity contribution in [2.45, 2.75) is 65.5 Å². The number of nitrogens with one attached hydrogen (secondary N) is 1. The molecule has 16 heavy (non-hydrogen) atoms. The molecular formula is C14H29NO. The van der Waals surface area contributed by atoms with Crippen LogP contribution >= 0.6 is 0 Å². The van der Waals surface area contributed by atoms with Gasteiger partial charge in [0.25, 0.3) is 0 Å². The van der Waals surface area contributed by atoms with Crippen molar-refractivity contribution < 1.29 is 4.74 Å². The fourth-order valence-corrected chi connectivity index (χ4v) is 2.60. The largest absolute Gasteiger partial charge is 0.377 e. The molecule has 0 saturated heterocycles. The molecular weight excluding hydrogens is 198 g/mol. The fourth-order valence-electron chi connectivity index (χ4n) is 2.60. The first kappa shape index (κ1) is 14.0. The van der Waals surface area contributed by atoms with Crippen LogP contribution in [0, 0.1) is 11.8 Å². The Balaban J connectivity index is 2.36. The first-order valence-corrected chi connectivity index (χ1v) is 6.98. The molecule has 1 rings (SSSR count). The van der Waals surface area contributed by atoms with Crippen LogP contribution in [0.25, 0.3) is 0 Å². The monoisotopic (exact) mass is 227 g/mol. The Hall–Kier alpha value is -0.0800. The molecule has 0 aromatic carbocycles. The smallest absolute Gasteiger partial charge is 0.0625 e. The van der Waals surface area contributed by atoms with E-state index in [9.17, 15) is 0 Å². The highest BCUT2D eigenvalue weighted by Gasteiger charge is 2.28. The standard InChI is InChI=1S/C14H29NO/c1-5-8-15-14(10-16-11(2)3)13-7-6-12(4)9-13/h11-15H,5-10H2,1-4H3. The highest BCUT2D eigenvalue weighted by atomic mass is 16.5. The quantitative estimate of drug-likeness (QED) is 0.721. The number of ether oxygens (including phenoxy) is 1. The Bertz CT molecular complexity index is 182. The lowest BCUT2D eigenvalue weighted by molar-refractivity contribution is 0.0483. The molecule has 0 aromatic heterocycles. The van der Waals surface area contributed by atoms with E-state index in [2.05, 4.69) is 33.0 Å².